The molecule has 2 aromatic rings. The summed E-state index contributed by atoms with van der Waals surface area (Å²) in [6.45, 7) is 7.85. The van der Waals surface area contributed by atoms with Crippen LogP contribution >= 0.6 is 0 Å². The van der Waals surface area contributed by atoms with Gasteiger partial charge in [-0.1, -0.05) is 48.5 Å². The molecule has 2 fully saturated rings. The summed E-state index contributed by atoms with van der Waals surface area (Å²) in [6, 6.07) is 18.4. The fourth-order valence-corrected chi connectivity index (χ4v) is 4.46. The van der Waals surface area contributed by atoms with Crippen LogP contribution in [0.2, 0.25) is 0 Å². The number of alkyl halides is 2. The van der Waals surface area contributed by atoms with Crippen molar-refractivity contribution in [2.75, 3.05) is 13.1 Å². The predicted molar refractivity (Wildman–Crippen MR) is 127 cm³/mol. The van der Waals surface area contributed by atoms with Crippen molar-refractivity contribution < 1.29 is 8.78 Å². The summed E-state index contributed by atoms with van der Waals surface area (Å²) >= 11 is 0. The highest BCUT2D eigenvalue weighted by atomic mass is 19.1. The molecule has 0 bridgehead atoms. The number of benzene rings is 2. The quantitative estimate of drug-likeness (QED) is 0.398. The van der Waals surface area contributed by atoms with Crippen LogP contribution in [0.1, 0.15) is 75.1 Å². The molecule has 2 saturated carbocycles. The van der Waals surface area contributed by atoms with Crippen LogP contribution in [0.5, 0.6) is 0 Å². The first-order chi connectivity index (χ1) is 15.3. The van der Waals surface area contributed by atoms with Crippen LogP contribution in [0, 0.1) is 11.3 Å². The van der Waals surface area contributed by atoms with Crippen molar-refractivity contribution in [1.29, 1.82) is 5.26 Å². The van der Waals surface area contributed by atoms with Crippen molar-refractivity contribution in [3.63, 3.8) is 0 Å². The smallest absolute Gasteiger partial charge is 0.136 e. The first kappa shape index (κ1) is 24.4. The average molecular weight is 439 g/mol. The van der Waals surface area contributed by atoms with Gasteiger partial charge in [-0.05, 0) is 87.6 Å². The zero-order valence-electron chi connectivity index (χ0n) is 19.7. The van der Waals surface area contributed by atoms with Gasteiger partial charge in [0, 0.05) is 19.5 Å². The maximum absolute atomic E-state index is 15.0. The van der Waals surface area contributed by atoms with Gasteiger partial charge in [-0.3, -0.25) is 0 Å². The van der Waals surface area contributed by atoms with Gasteiger partial charge in [0.2, 0.25) is 0 Å². The van der Waals surface area contributed by atoms with Crippen molar-refractivity contribution in [1.82, 2.24) is 4.90 Å². The maximum Gasteiger partial charge on any atom is 0.136 e. The Hall–Kier alpha value is -2.25. The van der Waals surface area contributed by atoms with Crippen LogP contribution < -0.4 is 0 Å². The third-order valence-corrected chi connectivity index (χ3v) is 6.65. The van der Waals surface area contributed by atoms with E-state index in [-0.39, 0.29) is 0 Å². The minimum atomic E-state index is -1.21. The Kier molecular flexibility index (Phi) is 8.06. The molecule has 2 aliphatic rings. The Morgan fingerprint density at radius 2 is 1.41 bits per heavy atom. The maximum atomic E-state index is 15.0. The molecule has 4 rings (SSSR count). The molecule has 0 amide bonds. The molecule has 2 aliphatic carbocycles. The largest absolute Gasteiger partial charge is 0.301 e. The Morgan fingerprint density at radius 1 is 0.875 bits per heavy atom. The topological polar surface area (TPSA) is 27.0 Å². The molecule has 0 radical (unpaired) electrons. The van der Waals surface area contributed by atoms with Crippen molar-refractivity contribution in [3.8, 4) is 6.07 Å². The molecule has 0 spiro atoms. The number of hydrogen-bond donors (Lipinski definition) is 0. The highest BCUT2D eigenvalue weighted by Gasteiger charge is 2.50. The van der Waals surface area contributed by atoms with Crippen LogP contribution in [0.15, 0.2) is 48.5 Å². The van der Waals surface area contributed by atoms with E-state index in [0.29, 0.717) is 31.7 Å². The SMILES string of the molecule is CC#N.CC(C)N(CCCc1c(C2(F)CC2)cccc1C1(F)CC1)CCc1ccccc1. The lowest BCUT2D eigenvalue weighted by Crippen LogP contribution is -2.34. The molecular formula is C28H36F2N2. The zero-order valence-corrected chi connectivity index (χ0v) is 19.7. The first-order valence-corrected chi connectivity index (χ1v) is 11.9. The van der Waals surface area contributed by atoms with Crippen LogP contribution in [0.4, 0.5) is 8.78 Å². The normalized spacial score (nSPS) is 17.4. The molecule has 0 aromatic heterocycles. The van der Waals surface area contributed by atoms with Crippen LogP contribution in [-0.2, 0) is 24.2 Å². The van der Waals surface area contributed by atoms with E-state index in [1.165, 1.54) is 12.5 Å². The molecule has 0 atom stereocenters. The summed E-state index contributed by atoms with van der Waals surface area (Å²) in [5.74, 6) is 0. The van der Waals surface area contributed by atoms with Gasteiger partial charge >= 0.3 is 0 Å². The van der Waals surface area contributed by atoms with Crippen molar-refractivity contribution >= 4 is 0 Å². The lowest BCUT2D eigenvalue weighted by atomic mass is 9.90. The second kappa shape index (κ2) is 10.6. The van der Waals surface area contributed by atoms with Crippen LogP contribution in [0.3, 0.4) is 0 Å². The van der Waals surface area contributed by atoms with Crippen LogP contribution in [0.25, 0.3) is 0 Å². The zero-order chi connectivity index (χ0) is 23.2. The lowest BCUT2D eigenvalue weighted by molar-refractivity contribution is 0.221. The highest BCUT2D eigenvalue weighted by molar-refractivity contribution is 5.46. The molecule has 0 saturated heterocycles. The molecule has 0 aliphatic heterocycles. The molecule has 2 nitrogen and oxygen atoms in total. The van der Waals surface area contributed by atoms with E-state index in [0.717, 1.165) is 49.0 Å². The summed E-state index contributed by atoms with van der Waals surface area (Å²) in [5, 5.41) is 7.32. The Balaban J connectivity index is 0.000000913. The Labute approximate surface area is 192 Å². The molecule has 0 heterocycles. The van der Waals surface area contributed by atoms with Gasteiger partial charge in [0.15, 0.2) is 0 Å². The molecule has 0 unspecified atom stereocenters. The van der Waals surface area contributed by atoms with E-state index >= 15 is 0 Å². The molecule has 0 N–H and O–H groups in total. The second-order valence-corrected chi connectivity index (χ2v) is 9.45. The summed E-state index contributed by atoms with van der Waals surface area (Å²) in [7, 11) is 0. The fraction of sp³-hybridized carbons (Fsp3) is 0.536. The van der Waals surface area contributed by atoms with E-state index in [2.05, 4.69) is 43.0 Å². The number of hydrogen-bond acceptors (Lipinski definition) is 2. The molecular weight excluding hydrogens is 402 g/mol. The first-order valence-electron chi connectivity index (χ1n) is 11.9. The van der Waals surface area contributed by atoms with E-state index < -0.39 is 11.3 Å². The van der Waals surface area contributed by atoms with Crippen molar-refractivity contribution in [3.05, 3.63) is 70.8 Å². The fourth-order valence-electron chi connectivity index (χ4n) is 4.46. The summed E-state index contributed by atoms with van der Waals surface area (Å²) in [5.41, 5.74) is 1.42. The summed E-state index contributed by atoms with van der Waals surface area (Å²) in [6.07, 6.45) is 5.05. The third-order valence-electron chi connectivity index (χ3n) is 6.65. The van der Waals surface area contributed by atoms with Gasteiger partial charge in [-0.25, -0.2) is 8.78 Å². The van der Waals surface area contributed by atoms with E-state index in [1.807, 2.05) is 24.3 Å². The van der Waals surface area contributed by atoms with Gasteiger partial charge in [0.1, 0.15) is 11.3 Å². The molecule has 172 valence electrons. The van der Waals surface area contributed by atoms with Gasteiger partial charge < -0.3 is 4.90 Å². The Morgan fingerprint density at radius 3 is 1.88 bits per heavy atom. The lowest BCUT2D eigenvalue weighted by Gasteiger charge is -2.27. The van der Waals surface area contributed by atoms with Crippen molar-refractivity contribution in [2.45, 2.75) is 83.1 Å². The standard InChI is InChI=1S/C26H33F2N.C2H3N/c1-20(2)29(19-13-21-8-4-3-5-9-21)18-7-10-22-23(25(27)14-15-25)11-6-12-24(22)26(28)16-17-26;1-2-3/h3-6,8-9,11-12,20H,7,10,13-19H2,1-2H3;1H3. The second-order valence-electron chi connectivity index (χ2n) is 9.45. The third kappa shape index (κ3) is 6.17. The van der Waals surface area contributed by atoms with Gasteiger partial charge in [-0.2, -0.15) is 5.26 Å². The van der Waals surface area contributed by atoms with E-state index in [9.17, 15) is 8.78 Å². The number of nitrogens with zero attached hydrogens (tertiary/aromatic N) is 2. The molecule has 4 heteroatoms. The highest BCUT2D eigenvalue weighted by Crippen LogP contribution is 2.55. The van der Waals surface area contributed by atoms with Crippen molar-refractivity contribution in [2.24, 2.45) is 0 Å². The molecule has 32 heavy (non-hydrogen) atoms. The van der Waals surface area contributed by atoms with E-state index in [4.69, 9.17) is 5.26 Å². The Bertz CT molecular complexity index is 873. The van der Waals surface area contributed by atoms with E-state index in [1.54, 1.807) is 6.07 Å². The number of rotatable bonds is 10. The average Bonchev–Trinajstić information content (AvgIpc) is 3.70. The van der Waals surface area contributed by atoms with Crippen LogP contribution in [-0.4, -0.2) is 24.0 Å². The number of nitriles is 1. The van der Waals surface area contributed by atoms with Gasteiger partial charge in [0.25, 0.3) is 0 Å². The summed E-state index contributed by atoms with van der Waals surface area (Å²) < 4.78 is 29.9. The predicted octanol–water partition coefficient (Wildman–Crippen LogP) is 7.02. The molecule has 2 aromatic carbocycles. The monoisotopic (exact) mass is 438 g/mol. The number of halogens is 2. The minimum Gasteiger partial charge on any atom is -0.301 e. The summed E-state index contributed by atoms with van der Waals surface area (Å²) in [4.78, 5) is 2.49. The minimum absolute atomic E-state index is 0.459. The van der Waals surface area contributed by atoms with Gasteiger partial charge in [0.05, 0.1) is 6.07 Å². The van der Waals surface area contributed by atoms with Gasteiger partial charge in [-0.15, -0.1) is 0 Å².